The first-order chi connectivity index (χ1) is 8.56. The summed E-state index contributed by atoms with van der Waals surface area (Å²) in [6.45, 7) is 4.81. The molecule has 1 aliphatic rings. The maximum absolute atomic E-state index is 12.9. The van der Waals surface area contributed by atoms with E-state index in [1.54, 1.807) is 20.8 Å². The fourth-order valence-electron chi connectivity index (χ4n) is 2.27. The van der Waals surface area contributed by atoms with E-state index in [9.17, 15) is 18.0 Å². The number of alkyl halides is 3. The molecule has 2 unspecified atom stereocenters. The minimum absolute atomic E-state index is 0.284. The summed E-state index contributed by atoms with van der Waals surface area (Å²) in [5, 5.41) is 0. The number of halogens is 3. The molecule has 0 aromatic heterocycles. The average Bonchev–Trinajstić information content (AvgIpc) is 2.62. The highest BCUT2D eigenvalue weighted by Crippen LogP contribution is 2.35. The van der Waals surface area contributed by atoms with E-state index < -0.39 is 36.4 Å². The lowest BCUT2D eigenvalue weighted by molar-refractivity contribution is -0.184. The molecular weight excluding hydrogens is 261 g/mol. The molecule has 0 spiro atoms. The van der Waals surface area contributed by atoms with Crippen molar-refractivity contribution in [2.75, 3.05) is 13.1 Å². The van der Waals surface area contributed by atoms with Crippen molar-refractivity contribution in [2.45, 2.75) is 51.4 Å². The molecule has 0 radical (unpaired) electrons. The molecule has 4 nitrogen and oxygen atoms in total. The number of carbonyl (C=O) groups is 1. The number of nitrogens with zero attached hydrogens (tertiary/aromatic N) is 1. The molecule has 1 aliphatic heterocycles. The Hall–Kier alpha value is -0.980. The van der Waals surface area contributed by atoms with Gasteiger partial charge in [-0.3, -0.25) is 0 Å². The Kier molecular flexibility index (Phi) is 4.71. The number of ether oxygens (including phenoxy) is 1. The number of hydrogen-bond donors (Lipinski definition) is 1. The van der Waals surface area contributed by atoms with Crippen LogP contribution in [-0.4, -0.2) is 41.9 Å². The van der Waals surface area contributed by atoms with Crippen LogP contribution in [0.25, 0.3) is 0 Å². The number of carbonyl (C=O) groups excluding carboxylic acids is 1. The standard InChI is InChI=1S/C12H21F3N2O2/c1-11(2,3)19-10(18)17-6-4-5-9(17)8(7-16)12(13,14)15/h8-9H,4-7,16H2,1-3H3. The summed E-state index contributed by atoms with van der Waals surface area (Å²) in [6, 6.07) is -0.917. The SMILES string of the molecule is CC(C)(C)OC(=O)N1CCCC1C(CN)C(F)(F)F. The number of amides is 1. The Morgan fingerprint density at radius 1 is 1.42 bits per heavy atom. The Morgan fingerprint density at radius 2 is 2.00 bits per heavy atom. The van der Waals surface area contributed by atoms with Crippen LogP contribution in [0.5, 0.6) is 0 Å². The summed E-state index contributed by atoms with van der Waals surface area (Å²) in [6.07, 6.45) is -4.25. The average molecular weight is 282 g/mol. The minimum atomic E-state index is -4.40. The van der Waals surface area contributed by atoms with Gasteiger partial charge >= 0.3 is 12.3 Å². The molecule has 2 atom stereocenters. The van der Waals surface area contributed by atoms with Crippen LogP contribution < -0.4 is 5.73 Å². The first kappa shape index (κ1) is 16.1. The Balaban J connectivity index is 2.81. The molecule has 1 fully saturated rings. The van der Waals surface area contributed by atoms with Crippen LogP contribution >= 0.6 is 0 Å². The van der Waals surface area contributed by atoms with E-state index in [1.807, 2.05) is 0 Å². The van der Waals surface area contributed by atoms with Crippen LogP contribution in [0.2, 0.25) is 0 Å². The second-order valence-corrected chi connectivity index (χ2v) is 5.77. The largest absolute Gasteiger partial charge is 0.444 e. The smallest absolute Gasteiger partial charge is 0.410 e. The van der Waals surface area contributed by atoms with Crippen molar-refractivity contribution in [3.05, 3.63) is 0 Å². The molecular formula is C12H21F3N2O2. The summed E-state index contributed by atoms with van der Waals surface area (Å²) in [4.78, 5) is 13.1. The van der Waals surface area contributed by atoms with Gasteiger partial charge in [-0.1, -0.05) is 0 Å². The predicted octanol–water partition coefficient (Wildman–Crippen LogP) is 2.52. The van der Waals surface area contributed by atoms with Gasteiger partial charge in [0.2, 0.25) is 0 Å². The zero-order valence-corrected chi connectivity index (χ0v) is 11.5. The third kappa shape index (κ3) is 4.26. The summed E-state index contributed by atoms with van der Waals surface area (Å²) in [5.74, 6) is -1.69. The number of hydrogen-bond acceptors (Lipinski definition) is 3. The molecule has 0 aromatic carbocycles. The van der Waals surface area contributed by atoms with E-state index in [1.165, 1.54) is 0 Å². The third-order valence-electron chi connectivity index (χ3n) is 3.07. The zero-order valence-electron chi connectivity index (χ0n) is 11.5. The van der Waals surface area contributed by atoms with Crippen molar-refractivity contribution in [3.8, 4) is 0 Å². The van der Waals surface area contributed by atoms with E-state index in [4.69, 9.17) is 10.5 Å². The molecule has 0 aliphatic carbocycles. The molecule has 1 amide bonds. The number of nitrogens with two attached hydrogens (primary N) is 1. The molecule has 2 N–H and O–H groups in total. The highest BCUT2D eigenvalue weighted by Gasteiger charge is 2.48. The molecule has 0 aromatic rings. The van der Waals surface area contributed by atoms with Crippen molar-refractivity contribution in [2.24, 2.45) is 11.7 Å². The van der Waals surface area contributed by atoms with Crippen LogP contribution in [0, 0.1) is 5.92 Å². The van der Waals surface area contributed by atoms with Crippen molar-refractivity contribution in [1.82, 2.24) is 4.90 Å². The summed E-state index contributed by atoms with van der Waals surface area (Å²) < 4.78 is 43.8. The van der Waals surface area contributed by atoms with Gasteiger partial charge in [0.15, 0.2) is 0 Å². The van der Waals surface area contributed by atoms with E-state index in [-0.39, 0.29) is 6.54 Å². The van der Waals surface area contributed by atoms with Crippen LogP contribution in [-0.2, 0) is 4.74 Å². The second kappa shape index (κ2) is 5.56. The maximum atomic E-state index is 12.9. The fourth-order valence-corrected chi connectivity index (χ4v) is 2.27. The molecule has 1 heterocycles. The lowest BCUT2D eigenvalue weighted by atomic mass is 9.97. The normalized spacial score (nSPS) is 22.5. The van der Waals surface area contributed by atoms with Gasteiger partial charge in [-0.25, -0.2) is 4.79 Å². The number of likely N-dealkylation sites (tertiary alicyclic amines) is 1. The summed E-state index contributed by atoms with van der Waals surface area (Å²) in [5.41, 5.74) is 4.51. The van der Waals surface area contributed by atoms with Gasteiger partial charge in [0.25, 0.3) is 0 Å². The van der Waals surface area contributed by atoms with Crippen LogP contribution in [0.3, 0.4) is 0 Å². The van der Waals surface area contributed by atoms with E-state index in [2.05, 4.69) is 0 Å². The molecule has 1 rings (SSSR count). The van der Waals surface area contributed by atoms with Crippen molar-refractivity contribution in [1.29, 1.82) is 0 Å². The zero-order chi connectivity index (χ0) is 14.8. The third-order valence-corrected chi connectivity index (χ3v) is 3.07. The monoisotopic (exact) mass is 282 g/mol. The van der Waals surface area contributed by atoms with Gasteiger partial charge in [-0.2, -0.15) is 13.2 Å². The first-order valence-electron chi connectivity index (χ1n) is 6.32. The second-order valence-electron chi connectivity index (χ2n) is 5.77. The van der Waals surface area contributed by atoms with Gasteiger partial charge in [-0.05, 0) is 33.6 Å². The highest BCUT2D eigenvalue weighted by atomic mass is 19.4. The summed E-state index contributed by atoms with van der Waals surface area (Å²) >= 11 is 0. The van der Waals surface area contributed by atoms with Crippen molar-refractivity contribution >= 4 is 6.09 Å². The van der Waals surface area contributed by atoms with E-state index in [0.717, 1.165) is 4.90 Å². The van der Waals surface area contributed by atoms with Crippen LogP contribution in [0.15, 0.2) is 0 Å². The Labute approximate surface area is 111 Å². The van der Waals surface area contributed by atoms with E-state index in [0.29, 0.717) is 12.8 Å². The Morgan fingerprint density at radius 3 is 2.42 bits per heavy atom. The van der Waals surface area contributed by atoms with Gasteiger partial charge in [0, 0.05) is 19.1 Å². The van der Waals surface area contributed by atoms with Crippen LogP contribution in [0.1, 0.15) is 33.6 Å². The maximum Gasteiger partial charge on any atom is 0.410 e. The quantitative estimate of drug-likeness (QED) is 0.846. The Bertz CT molecular complexity index is 326. The molecule has 7 heteroatoms. The van der Waals surface area contributed by atoms with Gasteiger partial charge < -0.3 is 15.4 Å². The fraction of sp³-hybridized carbons (Fsp3) is 0.917. The van der Waals surface area contributed by atoms with Crippen molar-refractivity contribution < 1.29 is 22.7 Å². The lowest BCUT2D eigenvalue weighted by Gasteiger charge is -2.33. The molecule has 112 valence electrons. The van der Waals surface area contributed by atoms with Gasteiger partial charge in [-0.15, -0.1) is 0 Å². The van der Waals surface area contributed by atoms with Gasteiger partial charge in [0.1, 0.15) is 5.60 Å². The predicted molar refractivity (Wildman–Crippen MR) is 64.6 cm³/mol. The van der Waals surface area contributed by atoms with Crippen LogP contribution in [0.4, 0.5) is 18.0 Å². The number of rotatable bonds is 2. The van der Waals surface area contributed by atoms with E-state index >= 15 is 0 Å². The van der Waals surface area contributed by atoms with Gasteiger partial charge in [0.05, 0.1) is 5.92 Å². The minimum Gasteiger partial charge on any atom is -0.444 e. The summed E-state index contributed by atoms with van der Waals surface area (Å²) in [7, 11) is 0. The molecule has 0 saturated carbocycles. The molecule has 19 heavy (non-hydrogen) atoms. The molecule has 0 bridgehead atoms. The topological polar surface area (TPSA) is 55.6 Å². The highest BCUT2D eigenvalue weighted by molar-refractivity contribution is 5.69. The van der Waals surface area contributed by atoms with Crippen molar-refractivity contribution in [3.63, 3.8) is 0 Å². The first-order valence-corrected chi connectivity index (χ1v) is 6.32. The lowest BCUT2D eigenvalue weighted by Crippen LogP contribution is -2.49. The molecule has 1 saturated heterocycles.